The second kappa shape index (κ2) is 8.48. The van der Waals surface area contributed by atoms with Crippen molar-refractivity contribution in [3.05, 3.63) is 24.3 Å². The van der Waals surface area contributed by atoms with E-state index in [1.165, 1.54) is 0 Å². The third-order valence-corrected chi connectivity index (χ3v) is 2.42. The number of rotatable bonds is 3. The molecule has 0 spiro atoms. The Morgan fingerprint density at radius 2 is 2.24 bits per heavy atom. The van der Waals surface area contributed by atoms with Gasteiger partial charge in [-0.05, 0) is 12.1 Å². The molecule has 1 aromatic rings. The molecule has 6 heteroatoms. The molecule has 0 bridgehead atoms. The van der Waals surface area contributed by atoms with Gasteiger partial charge in [0, 0.05) is 12.8 Å². The van der Waals surface area contributed by atoms with Gasteiger partial charge in [0.2, 0.25) is 5.91 Å². The maximum atomic E-state index is 11.4. The van der Waals surface area contributed by atoms with Gasteiger partial charge in [-0.15, -0.1) is 12.3 Å². The smallest absolute Gasteiger partial charge is 0.271 e. The summed E-state index contributed by atoms with van der Waals surface area (Å²) in [6.07, 6.45) is 5.01. The van der Waals surface area contributed by atoms with E-state index >= 15 is 0 Å². The normalized spacial score (nSPS) is 15.5. The first kappa shape index (κ1) is 16.4. The van der Waals surface area contributed by atoms with Gasteiger partial charge in [0.05, 0.1) is 5.69 Å². The molecule has 2 rings (SSSR count). The zero-order chi connectivity index (χ0) is 15.7. The van der Waals surface area contributed by atoms with Crippen molar-refractivity contribution in [3.63, 3.8) is 0 Å². The molecule has 112 valence electrons. The fourth-order valence-electron chi connectivity index (χ4n) is 1.58. The maximum Gasteiger partial charge on any atom is 0.271 e. The van der Waals surface area contributed by atoms with Gasteiger partial charge in [0.1, 0.15) is 5.75 Å². The highest BCUT2D eigenvalue weighted by atomic mass is 16.5. The molecule has 4 N–H and O–H groups in total. The molecule has 0 saturated heterocycles. The van der Waals surface area contributed by atoms with E-state index < -0.39 is 6.35 Å². The van der Waals surface area contributed by atoms with Crippen molar-refractivity contribution in [2.24, 2.45) is 10.7 Å². The van der Waals surface area contributed by atoms with Gasteiger partial charge in [-0.3, -0.25) is 10.1 Å². The summed E-state index contributed by atoms with van der Waals surface area (Å²) >= 11 is 0. The van der Waals surface area contributed by atoms with E-state index in [1.807, 2.05) is 38.1 Å². The predicted molar refractivity (Wildman–Crippen MR) is 83.7 cm³/mol. The van der Waals surface area contributed by atoms with Crippen molar-refractivity contribution >= 4 is 17.6 Å². The summed E-state index contributed by atoms with van der Waals surface area (Å²) in [6, 6.07) is 7.43. The lowest BCUT2D eigenvalue weighted by molar-refractivity contribution is -0.119. The number of nitrogens with one attached hydrogen (secondary N) is 2. The van der Waals surface area contributed by atoms with Crippen molar-refractivity contribution in [1.82, 2.24) is 5.32 Å². The van der Waals surface area contributed by atoms with Crippen LogP contribution in [0.4, 0.5) is 5.69 Å². The molecule has 1 atom stereocenters. The number of anilines is 1. The number of terminal acetylenes is 1. The van der Waals surface area contributed by atoms with Crippen molar-refractivity contribution < 1.29 is 9.53 Å². The van der Waals surface area contributed by atoms with E-state index in [0.29, 0.717) is 12.2 Å². The summed E-state index contributed by atoms with van der Waals surface area (Å²) in [6.45, 7) is 4.00. The summed E-state index contributed by atoms with van der Waals surface area (Å²) < 4.78 is 5.48. The van der Waals surface area contributed by atoms with E-state index in [4.69, 9.17) is 16.9 Å². The molecule has 0 radical (unpaired) electrons. The van der Waals surface area contributed by atoms with E-state index in [1.54, 1.807) is 0 Å². The Balaban J connectivity index is 0.00000106. The summed E-state index contributed by atoms with van der Waals surface area (Å²) in [7, 11) is 0. The second-order valence-corrected chi connectivity index (χ2v) is 3.88. The number of carbonyl (C=O) groups is 1. The molecule has 1 aliphatic rings. The van der Waals surface area contributed by atoms with Crippen LogP contribution in [0.1, 0.15) is 26.7 Å². The van der Waals surface area contributed by atoms with Crippen LogP contribution in [0.25, 0.3) is 0 Å². The SMILES string of the molecule is C#CCCC(=O)N/C(N)=N/C1Nc2ccccc2O1.CC. The Labute approximate surface area is 124 Å². The molecule has 6 nitrogen and oxygen atoms in total. The molecule has 21 heavy (non-hydrogen) atoms. The monoisotopic (exact) mass is 288 g/mol. The van der Waals surface area contributed by atoms with Crippen molar-refractivity contribution in [2.45, 2.75) is 33.0 Å². The van der Waals surface area contributed by atoms with Gasteiger partial charge in [-0.1, -0.05) is 26.0 Å². The van der Waals surface area contributed by atoms with Crippen LogP contribution in [0.15, 0.2) is 29.3 Å². The Hall–Kier alpha value is -2.68. The molecule has 1 unspecified atom stereocenters. The first-order valence-corrected chi connectivity index (χ1v) is 6.78. The molecule has 1 aliphatic heterocycles. The van der Waals surface area contributed by atoms with Crippen molar-refractivity contribution in [1.29, 1.82) is 0 Å². The molecule has 1 heterocycles. The molecular formula is C15H20N4O2. The van der Waals surface area contributed by atoms with Crippen LogP contribution in [0, 0.1) is 12.3 Å². The Morgan fingerprint density at radius 1 is 1.52 bits per heavy atom. The van der Waals surface area contributed by atoms with Crippen LogP contribution >= 0.6 is 0 Å². The van der Waals surface area contributed by atoms with E-state index in [2.05, 4.69) is 21.5 Å². The van der Waals surface area contributed by atoms with Gasteiger partial charge in [-0.2, -0.15) is 4.99 Å². The third kappa shape index (κ3) is 5.07. The van der Waals surface area contributed by atoms with Crippen LogP contribution in [-0.2, 0) is 4.79 Å². The van der Waals surface area contributed by atoms with Gasteiger partial charge < -0.3 is 15.8 Å². The first-order chi connectivity index (χ1) is 10.2. The van der Waals surface area contributed by atoms with E-state index in [0.717, 1.165) is 5.69 Å². The second-order valence-electron chi connectivity index (χ2n) is 3.88. The summed E-state index contributed by atoms with van der Waals surface area (Å²) in [4.78, 5) is 15.4. The molecular weight excluding hydrogens is 268 g/mol. The van der Waals surface area contributed by atoms with Gasteiger partial charge in [0.25, 0.3) is 6.35 Å². The number of benzene rings is 1. The van der Waals surface area contributed by atoms with Crippen molar-refractivity contribution in [2.75, 3.05) is 5.32 Å². The van der Waals surface area contributed by atoms with Crippen molar-refractivity contribution in [3.8, 4) is 18.1 Å². The third-order valence-electron chi connectivity index (χ3n) is 2.42. The number of hydrogen-bond acceptors (Lipinski definition) is 4. The summed E-state index contributed by atoms with van der Waals surface area (Å²) in [5.74, 6) is 2.80. The number of ether oxygens (including phenoxy) is 1. The molecule has 0 saturated carbocycles. The predicted octanol–water partition coefficient (Wildman–Crippen LogP) is 1.64. The number of para-hydroxylation sites is 2. The zero-order valence-electron chi connectivity index (χ0n) is 12.2. The Bertz CT molecular complexity index is 524. The average Bonchev–Trinajstić information content (AvgIpc) is 2.89. The average molecular weight is 288 g/mol. The molecule has 1 aromatic carbocycles. The maximum absolute atomic E-state index is 11.4. The standard InChI is InChI=1S/C13H14N4O2.C2H6/c1-2-3-8-11(18)16-12(14)17-13-15-9-6-4-5-7-10(9)19-13;1-2/h1,4-7,13,15H,3,8H2,(H3,14,16,17,18);1-2H3. The Kier molecular flexibility index (Phi) is 6.61. The van der Waals surface area contributed by atoms with Gasteiger partial charge >= 0.3 is 0 Å². The minimum Gasteiger partial charge on any atom is -0.448 e. The van der Waals surface area contributed by atoms with E-state index in [-0.39, 0.29) is 18.3 Å². The van der Waals surface area contributed by atoms with Crippen LogP contribution in [0.3, 0.4) is 0 Å². The number of guanidine groups is 1. The largest absolute Gasteiger partial charge is 0.448 e. The zero-order valence-corrected chi connectivity index (χ0v) is 12.2. The number of nitrogens with two attached hydrogens (primary N) is 1. The van der Waals surface area contributed by atoms with Gasteiger partial charge in [-0.25, -0.2) is 0 Å². The van der Waals surface area contributed by atoms with Crippen LogP contribution in [0.5, 0.6) is 5.75 Å². The molecule has 0 aliphatic carbocycles. The van der Waals surface area contributed by atoms with Crippen LogP contribution < -0.4 is 21.1 Å². The topological polar surface area (TPSA) is 88.7 Å². The van der Waals surface area contributed by atoms with Crippen LogP contribution in [-0.4, -0.2) is 18.2 Å². The summed E-state index contributed by atoms with van der Waals surface area (Å²) in [5, 5.41) is 5.45. The highest BCUT2D eigenvalue weighted by Gasteiger charge is 2.20. The minimum atomic E-state index is -0.634. The number of carbonyl (C=O) groups excluding carboxylic acids is 1. The highest BCUT2D eigenvalue weighted by Crippen LogP contribution is 2.31. The molecule has 1 amide bonds. The fourth-order valence-corrected chi connectivity index (χ4v) is 1.58. The van der Waals surface area contributed by atoms with E-state index in [9.17, 15) is 4.79 Å². The summed E-state index contributed by atoms with van der Waals surface area (Å²) in [5.41, 5.74) is 6.44. The minimum absolute atomic E-state index is 0.00710. The number of amides is 1. The number of nitrogens with zero attached hydrogens (tertiary/aromatic N) is 1. The number of aliphatic imine (C=N–C) groups is 1. The quantitative estimate of drug-likeness (QED) is 0.448. The lowest BCUT2D eigenvalue weighted by Gasteiger charge is -2.08. The number of hydrogen-bond donors (Lipinski definition) is 3. The van der Waals surface area contributed by atoms with Crippen LogP contribution in [0.2, 0.25) is 0 Å². The lowest BCUT2D eigenvalue weighted by atomic mass is 10.3. The number of fused-ring (bicyclic) bond motifs is 1. The molecule has 0 fully saturated rings. The molecule has 0 aromatic heterocycles. The first-order valence-electron chi connectivity index (χ1n) is 6.78. The van der Waals surface area contributed by atoms with Gasteiger partial charge in [0.15, 0.2) is 5.96 Å². The Morgan fingerprint density at radius 3 is 2.90 bits per heavy atom. The fraction of sp³-hybridized carbons (Fsp3) is 0.333. The lowest BCUT2D eigenvalue weighted by Crippen LogP contribution is -2.38. The highest BCUT2D eigenvalue weighted by molar-refractivity contribution is 5.96.